The number of carbonyl (C=O) groups excluding carboxylic acids is 1. The van der Waals surface area contributed by atoms with E-state index in [0.717, 1.165) is 36.3 Å². The maximum atomic E-state index is 12.7. The maximum Gasteiger partial charge on any atom is 0.416 e. The second-order valence-electron chi connectivity index (χ2n) is 9.57. The fraction of sp³-hybridized carbons (Fsp3) is 0.483. The number of halogens is 3. The third-order valence-corrected chi connectivity index (χ3v) is 6.27. The first kappa shape index (κ1) is 31.7. The molecular weight excluding hydrogens is 511 g/mol. The highest BCUT2D eigenvalue weighted by Crippen LogP contribution is 2.29. The molecule has 2 rings (SSSR count). The SMILES string of the molecule is CCCCCCCCCCCC(N)=NOC(=O)c1ccc(CN(Cc2ccc(C(F)(F)F)cc2)C(=O)O)cc1. The second-order valence-corrected chi connectivity index (χ2v) is 9.57. The van der Waals surface area contributed by atoms with E-state index in [1.54, 1.807) is 12.1 Å². The van der Waals surface area contributed by atoms with Crippen molar-refractivity contribution >= 4 is 17.9 Å². The average molecular weight is 550 g/mol. The summed E-state index contributed by atoms with van der Waals surface area (Å²) in [5, 5.41) is 13.3. The van der Waals surface area contributed by atoms with Crippen molar-refractivity contribution in [3.05, 3.63) is 70.8 Å². The van der Waals surface area contributed by atoms with Crippen LogP contribution < -0.4 is 5.73 Å². The highest BCUT2D eigenvalue weighted by Gasteiger charge is 2.30. The molecule has 10 heteroatoms. The molecule has 0 aliphatic heterocycles. The Balaban J connectivity index is 1.78. The quantitative estimate of drug-likeness (QED) is 0.0733. The van der Waals surface area contributed by atoms with Gasteiger partial charge in [-0.05, 0) is 41.8 Å². The van der Waals surface area contributed by atoms with Crippen LogP contribution >= 0.6 is 0 Å². The van der Waals surface area contributed by atoms with Gasteiger partial charge in [-0.3, -0.25) is 4.90 Å². The molecule has 0 aromatic heterocycles. The normalized spacial score (nSPS) is 11.8. The third kappa shape index (κ3) is 12.2. The molecule has 39 heavy (non-hydrogen) atoms. The molecule has 0 spiro atoms. The van der Waals surface area contributed by atoms with Gasteiger partial charge in [0.05, 0.1) is 11.1 Å². The van der Waals surface area contributed by atoms with Crippen molar-refractivity contribution in [1.82, 2.24) is 4.90 Å². The lowest BCUT2D eigenvalue weighted by molar-refractivity contribution is -0.137. The van der Waals surface area contributed by atoms with Gasteiger partial charge in [0.25, 0.3) is 0 Å². The molecule has 0 aliphatic carbocycles. The van der Waals surface area contributed by atoms with Gasteiger partial charge in [-0.2, -0.15) is 13.2 Å². The van der Waals surface area contributed by atoms with Gasteiger partial charge >= 0.3 is 18.2 Å². The largest absolute Gasteiger partial charge is 0.465 e. The molecule has 0 saturated heterocycles. The molecule has 0 bridgehead atoms. The lowest BCUT2D eigenvalue weighted by atomic mass is 10.1. The summed E-state index contributed by atoms with van der Waals surface area (Å²) < 4.78 is 38.2. The number of unbranched alkanes of at least 4 members (excludes halogenated alkanes) is 8. The van der Waals surface area contributed by atoms with Crippen LogP contribution in [0, 0.1) is 0 Å². The second kappa shape index (κ2) is 16.4. The number of nitrogens with two attached hydrogens (primary N) is 1. The molecule has 0 aliphatic rings. The van der Waals surface area contributed by atoms with E-state index in [9.17, 15) is 27.9 Å². The van der Waals surface area contributed by atoms with Gasteiger partial charge in [0, 0.05) is 19.5 Å². The van der Waals surface area contributed by atoms with Crippen LogP contribution in [-0.4, -0.2) is 27.9 Å². The number of amidine groups is 1. The predicted octanol–water partition coefficient (Wildman–Crippen LogP) is 7.74. The van der Waals surface area contributed by atoms with Crippen LogP contribution in [0.4, 0.5) is 18.0 Å². The van der Waals surface area contributed by atoms with Crippen LogP contribution in [0.25, 0.3) is 0 Å². The van der Waals surface area contributed by atoms with Crippen molar-refractivity contribution in [3.8, 4) is 0 Å². The Morgan fingerprint density at radius 1 is 0.846 bits per heavy atom. The Labute approximate surface area is 227 Å². The minimum absolute atomic E-state index is 0.0183. The zero-order chi connectivity index (χ0) is 28.7. The molecule has 0 fully saturated rings. The highest BCUT2D eigenvalue weighted by molar-refractivity contribution is 5.90. The molecule has 2 aromatic rings. The van der Waals surface area contributed by atoms with E-state index in [-0.39, 0.29) is 24.5 Å². The third-order valence-electron chi connectivity index (χ3n) is 6.27. The van der Waals surface area contributed by atoms with Gasteiger partial charge in [0.1, 0.15) is 5.84 Å². The molecule has 0 heterocycles. The number of hydrogen-bond acceptors (Lipinski definition) is 4. The van der Waals surface area contributed by atoms with Crippen molar-refractivity contribution in [2.75, 3.05) is 0 Å². The number of oxime groups is 1. The number of alkyl halides is 3. The fourth-order valence-corrected chi connectivity index (χ4v) is 3.99. The van der Waals surface area contributed by atoms with Gasteiger partial charge in [-0.1, -0.05) is 87.7 Å². The molecule has 0 unspecified atom stereocenters. The van der Waals surface area contributed by atoms with E-state index in [4.69, 9.17) is 10.6 Å². The predicted molar refractivity (Wildman–Crippen MR) is 144 cm³/mol. The number of amides is 1. The number of hydrogen-bond donors (Lipinski definition) is 2. The van der Waals surface area contributed by atoms with Gasteiger partial charge < -0.3 is 15.7 Å². The van der Waals surface area contributed by atoms with Crippen molar-refractivity contribution in [2.24, 2.45) is 10.9 Å². The molecule has 1 amide bonds. The number of carbonyl (C=O) groups is 2. The van der Waals surface area contributed by atoms with E-state index in [2.05, 4.69) is 12.1 Å². The summed E-state index contributed by atoms with van der Waals surface area (Å²) >= 11 is 0. The maximum absolute atomic E-state index is 12.7. The smallest absolute Gasteiger partial charge is 0.416 e. The standard InChI is InChI=1S/C29H38F3N3O4/c1-2-3-4-5-6-7-8-9-10-11-26(33)34-39-27(36)24-16-12-22(13-17-24)20-35(28(37)38)21-23-14-18-25(19-15-23)29(30,31)32/h12-19H,2-11,20-21H2,1H3,(H2,33,34)(H,37,38). The fourth-order valence-electron chi connectivity index (χ4n) is 3.99. The van der Waals surface area contributed by atoms with E-state index in [0.29, 0.717) is 17.5 Å². The number of nitrogens with zero attached hydrogens (tertiary/aromatic N) is 2. The monoisotopic (exact) mass is 549 g/mol. The number of rotatable bonds is 16. The van der Waals surface area contributed by atoms with Crippen molar-refractivity contribution in [1.29, 1.82) is 0 Å². The summed E-state index contributed by atoms with van der Waals surface area (Å²) in [6.45, 7) is 2.09. The van der Waals surface area contributed by atoms with E-state index < -0.39 is 23.8 Å². The Morgan fingerprint density at radius 3 is 1.82 bits per heavy atom. The molecule has 3 N–H and O–H groups in total. The number of benzene rings is 2. The molecule has 2 aromatic carbocycles. The first-order valence-corrected chi connectivity index (χ1v) is 13.4. The van der Waals surface area contributed by atoms with Crippen molar-refractivity contribution in [3.63, 3.8) is 0 Å². The van der Waals surface area contributed by atoms with Gasteiger partial charge in [-0.15, -0.1) is 0 Å². The molecule has 0 saturated carbocycles. The lowest BCUT2D eigenvalue weighted by Gasteiger charge is -2.20. The van der Waals surface area contributed by atoms with E-state index in [1.165, 1.54) is 62.8 Å². The Hall–Kier alpha value is -3.56. The Kier molecular flexibility index (Phi) is 13.3. The molecule has 7 nitrogen and oxygen atoms in total. The zero-order valence-corrected chi connectivity index (χ0v) is 22.4. The van der Waals surface area contributed by atoms with E-state index >= 15 is 0 Å². The molecule has 0 atom stereocenters. The van der Waals surface area contributed by atoms with E-state index in [1.807, 2.05) is 0 Å². The minimum atomic E-state index is -4.46. The first-order valence-electron chi connectivity index (χ1n) is 13.4. The molecule has 214 valence electrons. The van der Waals surface area contributed by atoms with Crippen molar-refractivity contribution in [2.45, 2.75) is 90.4 Å². The summed E-state index contributed by atoms with van der Waals surface area (Å²) in [5.41, 5.74) is 6.29. The van der Waals surface area contributed by atoms with Crippen molar-refractivity contribution < 1.29 is 32.7 Å². The Morgan fingerprint density at radius 2 is 1.33 bits per heavy atom. The zero-order valence-electron chi connectivity index (χ0n) is 22.4. The van der Waals surface area contributed by atoms with Gasteiger partial charge in [0.2, 0.25) is 0 Å². The molecular formula is C29H38F3N3O4. The summed E-state index contributed by atoms with van der Waals surface area (Å²) in [4.78, 5) is 30.0. The lowest BCUT2D eigenvalue weighted by Crippen LogP contribution is -2.28. The topological polar surface area (TPSA) is 105 Å². The summed E-state index contributed by atoms with van der Waals surface area (Å²) in [7, 11) is 0. The average Bonchev–Trinajstić information content (AvgIpc) is 2.90. The number of carboxylic acid groups (broad SMARTS) is 1. The van der Waals surface area contributed by atoms with Crippen LogP contribution in [-0.2, 0) is 24.1 Å². The summed E-state index contributed by atoms with van der Waals surface area (Å²) in [6, 6.07) is 10.5. The first-order chi connectivity index (χ1) is 18.6. The summed E-state index contributed by atoms with van der Waals surface area (Å²) in [6.07, 6.45) is 5.54. The Bertz CT molecular complexity index is 1050. The van der Waals surface area contributed by atoms with Crippen LogP contribution in [0.3, 0.4) is 0 Å². The van der Waals surface area contributed by atoms with Gasteiger partial charge in [-0.25, -0.2) is 9.59 Å². The van der Waals surface area contributed by atoms with Gasteiger partial charge in [0.15, 0.2) is 0 Å². The summed E-state index contributed by atoms with van der Waals surface area (Å²) in [5.74, 6) is -0.431. The minimum Gasteiger partial charge on any atom is -0.465 e. The van der Waals surface area contributed by atoms with Crippen LogP contribution in [0.5, 0.6) is 0 Å². The van der Waals surface area contributed by atoms with Crippen LogP contribution in [0.15, 0.2) is 53.7 Å². The molecule has 0 radical (unpaired) electrons. The van der Waals surface area contributed by atoms with Crippen LogP contribution in [0.2, 0.25) is 0 Å². The highest BCUT2D eigenvalue weighted by atomic mass is 19.4. The van der Waals surface area contributed by atoms with Crippen LogP contribution in [0.1, 0.15) is 98.2 Å².